The van der Waals surface area contributed by atoms with Crippen molar-refractivity contribution in [3.8, 4) is 0 Å². The van der Waals surface area contributed by atoms with E-state index >= 15 is 0 Å². The van der Waals surface area contributed by atoms with E-state index in [2.05, 4.69) is 33.2 Å². The Hall–Kier alpha value is -2.07. The average molecular weight is 253 g/mol. The van der Waals surface area contributed by atoms with Gasteiger partial charge in [-0.1, -0.05) is 30.3 Å². The zero-order valence-electron chi connectivity index (χ0n) is 9.65. The van der Waals surface area contributed by atoms with Crippen molar-refractivity contribution in [2.45, 2.75) is 6.54 Å². The van der Waals surface area contributed by atoms with E-state index in [1.807, 2.05) is 30.6 Å². The largest absolute Gasteiger partial charge is 0.287 e. The molecule has 0 amide bonds. The first-order valence-electron chi connectivity index (χ1n) is 5.65. The van der Waals surface area contributed by atoms with E-state index in [9.17, 15) is 0 Å². The lowest BCUT2D eigenvalue weighted by Gasteiger charge is -1.93. The van der Waals surface area contributed by atoms with Crippen LogP contribution < -0.4 is 0 Å². The van der Waals surface area contributed by atoms with Gasteiger partial charge in [0.15, 0.2) is 0 Å². The maximum absolute atomic E-state index is 4.44. The van der Waals surface area contributed by atoms with Crippen LogP contribution in [0, 0.1) is 0 Å². The van der Waals surface area contributed by atoms with Crippen LogP contribution >= 0.6 is 11.3 Å². The molecule has 3 aromatic rings. The van der Waals surface area contributed by atoms with Crippen molar-refractivity contribution in [3.05, 3.63) is 59.4 Å². The molecule has 18 heavy (non-hydrogen) atoms. The van der Waals surface area contributed by atoms with Crippen molar-refractivity contribution in [1.29, 1.82) is 0 Å². The SMILES string of the molecule is C(=NCc1ccccc1)c1cc2cncnc2s1. The van der Waals surface area contributed by atoms with Gasteiger partial charge in [0.1, 0.15) is 11.2 Å². The summed E-state index contributed by atoms with van der Waals surface area (Å²) in [6.45, 7) is 0.709. The number of aliphatic imine (C=N–C) groups is 1. The Bertz CT molecular complexity index is 641. The Morgan fingerprint density at radius 3 is 2.94 bits per heavy atom. The first-order valence-corrected chi connectivity index (χ1v) is 6.47. The molecule has 0 saturated carbocycles. The number of benzene rings is 1. The molecule has 0 atom stereocenters. The van der Waals surface area contributed by atoms with Gasteiger partial charge >= 0.3 is 0 Å². The summed E-state index contributed by atoms with van der Waals surface area (Å²) in [6, 6.07) is 12.3. The Kier molecular flexibility index (Phi) is 3.10. The Balaban J connectivity index is 1.76. The van der Waals surface area contributed by atoms with Crippen molar-refractivity contribution in [3.63, 3.8) is 0 Å². The van der Waals surface area contributed by atoms with E-state index < -0.39 is 0 Å². The van der Waals surface area contributed by atoms with Gasteiger partial charge in [-0.05, 0) is 11.6 Å². The van der Waals surface area contributed by atoms with Crippen LogP contribution in [-0.2, 0) is 6.54 Å². The molecule has 0 aliphatic rings. The molecule has 0 unspecified atom stereocenters. The van der Waals surface area contributed by atoms with E-state index in [4.69, 9.17) is 0 Å². The monoisotopic (exact) mass is 253 g/mol. The number of fused-ring (bicyclic) bond motifs is 1. The average Bonchev–Trinajstić information content (AvgIpc) is 2.82. The summed E-state index contributed by atoms with van der Waals surface area (Å²) in [6.07, 6.45) is 5.30. The van der Waals surface area contributed by atoms with E-state index in [-0.39, 0.29) is 0 Å². The lowest BCUT2D eigenvalue weighted by molar-refractivity contribution is 1.08. The third kappa shape index (κ3) is 2.43. The summed E-state index contributed by atoms with van der Waals surface area (Å²) in [5, 5.41) is 1.07. The fourth-order valence-corrected chi connectivity index (χ4v) is 2.56. The van der Waals surface area contributed by atoms with E-state index in [1.165, 1.54) is 5.56 Å². The Labute approximate surface area is 109 Å². The number of nitrogens with zero attached hydrogens (tertiary/aromatic N) is 3. The molecule has 1 aromatic carbocycles. The second-order valence-corrected chi connectivity index (χ2v) is 4.95. The second-order valence-electron chi connectivity index (χ2n) is 3.89. The summed E-state index contributed by atoms with van der Waals surface area (Å²) in [4.78, 5) is 14.8. The Morgan fingerprint density at radius 2 is 2.11 bits per heavy atom. The van der Waals surface area contributed by atoms with E-state index in [1.54, 1.807) is 17.7 Å². The zero-order valence-corrected chi connectivity index (χ0v) is 10.5. The molecule has 4 heteroatoms. The molecule has 3 rings (SSSR count). The van der Waals surface area contributed by atoms with Crippen molar-refractivity contribution >= 4 is 27.8 Å². The maximum atomic E-state index is 4.44. The highest BCUT2D eigenvalue weighted by Crippen LogP contribution is 2.20. The van der Waals surface area contributed by atoms with Gasteiger partial charge in [-0.2, -0.15) is 0 Å². The molecule has 0 aliphatic heterocycles. The predicted molar refractivity (Wildman–Crippen MR) is 75.2 cm³/mol. The van der Waals surface area contributed by atoms with Crippen LogP contribution in [0.3, 0.4) is 0 Å². The van der Waals surface area contributed by atoms with Crippen LogP contribution in [0.15, 0.2) is 53.9 Å². The molecule has 0 fully saturated rings. The van der Waals surface area contributed by atoms with Gasteiger partial charge in [-0.15, -0.1) is 11.3 Å². The van der Waals surface area contributed by atoms with Gasteiger partial charge in [-0.3, -0.25) is 4.99 Å². The number of rotatable bonds is 3. The fourth-order valence-electron chi connectivity index (χ4n) is 1.70. The Morgan fingerprint density at radius 1 is 1.22 bits per heavy atom. The standard InChI is InChI=1S/C14H11N3S/c1-2-4-11(5-3-1)7-15-9-13-6-12-8-16-10-17-14(12)18-13/h1-6,8-10H,7H2. The normalized spacial score (nSPS) is 11.3. The number of hydrogen-bond acceptors (Lipinski definition) is 4. The first kappa shape index (κ1) is 11.0. The zero-order chi connectivity index (χ0) is 12.2. The van der Waals surface area contributed by atoms with E-state index in [0.717, 1.165) is 15.1 Å². The van der Waals surface area contributed by atoms with Gasteiger partial charge in [0.05, 0.1) is 6.54 Å². The van der Waals surface area contributed by atoms with Crippen LogP contribution in [0.1, 0.15) is 10.4 Å². The molecule has 0 saturated heterocycles. The van der Waals surface area contributed by atoms with Crippen LogP contribution in [-0.4, -0.2) is 16.2 Å². The highest BCUT2D eigenvalue weighted by Gasteiger charge is 1.99. The van der Waals surface area contributed by atoms with Gasteiger partial charge < -0.3 is 0 Å². The molecule has 2 aromatic heterocycles. The van der Waals surface area contributed by atoms with Gasteiger partial charge in [-0.25, -0.2) is 9.97 Å². The highest BCUT2D eigenvalue weighted by atomic mass is 32.1. The molecule has 0 N–H and O–H groups in total. The second kappa shape index (κ2) is 5.06. The topological polar surface area (TPSA) is 38.1 Å². The van der Waals surface area contributed by atoms with Crippen LogP contribution in [0.4, 0.5) is 0 Å². The predicted octanol–water partition coefficient (Wildman–Crippen LogP) is 3.31. The smallest absolute Gasteiger partial charge is 0.127 e. The van der Waals surface area contributed by atoms with Gasteiger partial charge in [0.2, 0.25) is 0 Å². The molecule has 3 nitrogen and oxygen atoms in total. The number of aromatic nitrogens is 2. The third-order valence-corrected chi connectivity index (χ3v) is 3.54. The fraction of sp³-hybridized carbons (Fsp3) is 0.0714. The van der Waals surface area contributed by atoms with E-state index in [0.29, 0.717) is 6.54 Å². The molecule has 0 radical (unpaired) electrons. The quantitative estimate of drug-likeness (QED) is 0.672. The highest BCUT2D eigenvalue weighted by molar-refractivity contribution is 7.20. The van der Waals surface area contributed by atoms with Crippen LogP contribution in [0.2, 0.25) is 0 Å². The molecular weight excluding hydrogens is 242 g/mol. The maximum Gasteiger partial charge on any atom is 0.127 e. The summed E-state index contributed by atoms with van der Waals surface area (Å²) in [7, 11) is 0. The molecule has 0 spiro atoms. The molecule has 88 valence electrons. The number of hydrogen-bond donors (Lipinski definition) is 0. The van der Waals surface area contributed by atoms with Gasteiger partial charge in [0, 0.05) is 22.7 Å². The van der Waals surface area contributed by atoms with Crippen molar-refractivity contribution < 1.29 is 0 Å². The minimum atomic E-state index is 0.709. The number of thiophene rings is 1. The third-order valence-electron chi connectivity index (χ3n) is 2.55. The summed E-state index contributed by atoms with van der Waals surface area (Å²) < 4.78 is 0. The lowest BCUT2D eigenvalue weighted by atomic mass is 10.2. The van der Waals surface area contributed by atoms with Crippen molar-refractivity contribution in [1.82, 2.24) is 9.97 Å². The summed E-state index contributed by atoms with van der Waals surface area (Å²) in [5.41, 5.74) is 1.22. The lowest BCUT2D eigenvalue weighted by Crippen LogP contribution is -1.80. The summed E-state index contributed by atoms with van der Waals surface area (Å²) >= 11 is 1.63. The molecule has 2 heterocycles. The first-order chi connectivity index (χ1) is 8.92. The van der Waals surface area contributed by atoms with Crippen LogP contribution in [0.25, 0.3) is 10.2 Å². The van der Waals surface area contributed by atoms with Crippen molar-refractivity contribution in [2.24, 2.45) is 4.99 Å². The van der Waals surface area contributed by atoms with Crippen LogP contribution in [0.5, 0.6) is 0 Å². The summed E-state index contributed by atoms with van der Waals surface area (Å²) in [5.74, 6) is 0. The molecular formula is C14H11N3S. The molecule has 0 bridgehead atoms. The minimum Gasteiger partial charge on any atom is -0.287 e. The van der Waals surface area contributed by atoms with Crippen molar-refractivity contribution in [2.75, 3.05) is 0 Å². The van der Waals surface area contributed by atoms with Gasteiger partial charge in [0.25, 0.3) is 0 Å². The molecule has 0 aliphatic carbocycles. The minimum absolute atomic E-state index is 0.709.